The Balaban J connectivity index is 1.50. The fourth-order valence-corrected chi connectivity index (χ4v) is 3.09. The van der Waals surface area contributed by atoms with Gasteiger partial charge in [-0.15, -0.1) is 0 Å². The largest absolute Gasteiger partial charge is 0.493 e. The number of nitrogens with one attached hydrogen (secondary N) is 3. The van der Waals surface area contributed by atoms with E-state index in [2.05, 4.69) is 20.6 Å². The highest BCUT2D eigenvalue weighted by molar-refractivity contribution is 6.10. The summed E-state index contributed by atoms with van der Waals surface area (Å²) < 4.78 is 18.6. The summed E-state index contributed by atoms with van der Waals surface area (Å²) in [7, 11) is 0. The van der Waals surface area contributed by atoms with Gasteiger partial charge in [-0.3, -0.25) is 9.59 Å². The van der Waals surface area contributed by atoms with Gasteiger partial charge in [0.2, 0.25) is 0 Å². The SMILES string of the molecule is O=C(Nc1ccc(F)cc1)c1nc[nH]c1C(=O)N[C@H]1CCOc2ccccc21. The van der Waals surface area contributed by atoms with E-state index in [-0.39, 0.29) is 17.4 Å². The molecule has 4 rings (SSSR count). The third-order valence-electron chi connectivity index (χ3n) is 4.45. The minimum Gasteiger partial charge on any atom is -0.493 e. The number of rotatable bonds is 4. The molecular formula is C20H17FN4O3. The molecule has 1 aliphatic rings. The van der Waals surface area contributed by atoms with Crippen LogP contribution in [-0.2, 0) is 0 Å². The van der Waals surface area contributed by atoms with E-state index in [4.69, 9.17) is 4.74 Å². The van der Waals surface area contributed by atoms with E-state index >= 15 is 0 Å². The number of halogens is 1. The third-order valence-corrected chi connectivity index (χ3v) is 4.45. The first-order valence-corrected chi connectivity index (χ1v) is 8.74. The van der Waals surface area contributed by atoms with Gasteiger partial charge in [0, 0.05) is 17.7 Å². The number of aromatic amines is 1. The molecule has 2 amide bonds. The molecule has 2 heterocycles. The maximum Gasteiger partial charge on any atom is 0.276 e. The molecule has 0 unspecified atom stereocenters. The number of carbonyl (C=O) groups is 2. The summed E-state index contributed by atoms with van der Waals surface area (Å²) in [6.07, 6.45) is 1.90. The first kappa shape index (κ1) is 17.7. The number of hydrogen-bond acceptors (Lipinski definition) is 4. The summed E-state index contributed by atoms with van der Waals surface area (Å²) in [6, 6.07) is 12.6. The van der Waals surface area contributed by atoms with Crippen molar-refractivity contribution in [3.8, 4) is 5.75 Å². The Kier molecular flexibility index (Phi) is 4.76. The van der Waals surface area contributed by atoms with Gasteiger partial charge in [-0.2, -0.15) is 0 Å². The lowest BCUT2D eigenvalue weighted by molar-refractivity contribution is 0.0909. The quantitative estimate of drug-likeness (QED) is 0.648. The summed E-state index contributed by atoms with van der Waals surface area (Å²) in [4.78, 5) is 31.9. The van der Waals surface area contributed by atoms with Gasteiger partial charge in [0.25, 0.3) is 11.8 Å². The molecule has 0 fully saturated rings. The first-order valence-electron chi connectivity index (χ1n) is 8.74. The molecule has 0 saturated heterocycles. The minimum absolute atomic E-state index is 0.0397. The number of hydrogen-bond donors (Lipinski definition) is 3. The number of H-pyrrole nitrogens is 1. The van der Waals surface area contributed by atoms with Gasteiger partial charge in [0.05, 0.1) is 19.0 Å². The number of para-hydroxylation sites is 1. The highest BCUT2D eigenvalue weighted by Gasteiger charge is 2.26. The van der Waals surface area contributed by atoms with Gasteiger partial charge in [0.15, 0.2) is 5.69 Å². The third kappa shape index (κ3) is 3.57. The Morgan fingerprint density at radius 3 is 2.71 bits per heavy atom. The van der Waals surface area contributed by atoms with Crippen LogP contribution in [0, 0.1) is 5.82 Å². The maximum atomic E-state index is 13.0. The van der Waals surface area contributed by atoms with Gasteiger partial charge < -0.3 is 20.4 Å². The monoisotopic (exact) mass is 380 g/mol. The molecule has 2 aromatic carbocycles. The van der Waals surface area contributed by atoms with Crippen LogP contribution >= 0.6 is 0 Å². The number of carbonyl (C=O) groups excluding carboxylic acids is 2. The predicted octanol–water partition coefficient (Wildman–Crippen LogP) is 3.05. The molecular weight excluding hydrogens is 363 g/mol. The number of anilines is 1. The Morgan fingerprint density at radius 2 is 1.89 bits per heavy atom. The van der Waals surface area contributed by atoms with Gasteiger partial charge in [-0.05, 0) is 30.3 Å². The highest BCUT2D eigenvalue weighted by atomic mass is 19.1. The van der Waals surface area contributed by atoms with E-state index in [9.17, 15) is 14.0 Å². The Morgan fingerprint density at radius 1 is 1.11 bits per heavy atom. The molecule has 3 aromatic rings. The smallest absolute Gasteiger partial charge is 0.276 e. The van der Waals surface area contributed by atoms with Crippen molar-refractivity contribution in [2.45, 2.75) is 12.5 Å². The van der Waals surface area contributed by atoms with Crippen molar-refractivity contribution >= 4 is 17.5 Å². The molecule has 142 valence electrons. The number of nitrogens with zero attached hydrogens (tertiary/aromatic N) is 1. The molecule has 1 aromatic heterocycles. The molecule has 0 aliphatic carbocycles. The van der Waals surface area contributed by atoms with Gasteiger partial charge >= 0.3 is 0 Å². The Labute approximate surface area is 159 Å². The molecule has 8 heteroatoms. The fraction of sp³-hybridized carbons (Fsp3) is 0.150. The standard InChI is InChI=1S/C20H17FN4O3/c21-12-5-7-13(8-6-12)24-19(26)17-18(23-11-22-17)20(27)25-15-9-10-28-16-4-2-1-3-14(15)16/h1-8,11,15H,9-10H2,(H,22,23)(H,24,26)(H,25,27)/t15-/m0/s1. The lowest BCUT2D eigenvalue weighted by atomic mass is 10.0. The van der Waals surface area contributed by atoms with Crippen molar-refractivity contribution in [1.29, 1.82) is 0 Å². The van der Waals surface area contributed by atoms with E-state index < -0.39 is 17.6 Å². The Bertz CT molecular complexity index is 1020. The van der Waals surface area contributed by atoms with E-state index in [0.717, 1.165) is 11.3 Å². The van der Waals surface area contributed by atoms with Crippen molar-refractivity contribution in [3.63, 3.8) is 0 Å². The topological polar surface area (TPSA) is 96.1 Å². The predicted molar refractivity (Wildman–Crippen MR) is 99.7 cm³/mol. The molecule has 28 heavy (non-hydrogen) atoms. The normalized spacial score (nSPS) is 15.2. The summed E-state index contributed by atoms with van der Waals surface area (Å²) in [6.45, 7) is 0.489. The summed E-state index contributed by atoms with van der Waals surface area (Å²) in [5.74, 6) is -0.679. The van der Waals surface area contributed by atoms with Crippen LogP contribution in [0.4, 0.5) is 10.1 Å². The summed E-state index contributed by atoms with van der Waals surface area (Å²) in [5.41, 5.74) is 1.31. The molecule has 1 aliphatic heterocycles. The number of amides is 2. The van der Waals surface area contributed by atoms with Crippen LogP contribution in [0.1, 0.15) is 39.0 Å². The van der Waals surface area contributed by atoms with Crippen LogP contribution in [-0.4, -0.2) is 28.4 Å². The summed E-state index contributed by atoms with van der Waals surface area (Å²) >= 11 is 0. The van der Waals surface area contributed by atoms with Crippen molar-refractivity contribution in [2.75, 3.05) is 11.9 Å². The lowest BCUT2D eigenvalue weighted by Crippen LogP contribution is -2.33. The first-order chi connectivity index (χ1) is 13.6. The van der Waals surface area contributed by atoms with Crippen LogP contribution in [0.15, 0.2) is 54.9 Å². The Hall–Kier alpha value is -3.68. The maximum absolute atomic E-state index is 13.0. The summed E-state index contributed by atoms with van der Waals surface area (Å²) in [5, 5.41) is 5.52. The van der Waals surface area contributed by atoms with Crippen molar-refractivity contribution in [1.82, 2.24) is 15.3 Å². The van der Waals surface area contributed by atoms with Crippen LogP contribution in [0.3, 0.4) is 0 Å². The number of imidazole rings is 1. The lowest BCUT2D eigenvalue weighted by Gasteiger charge is -2.26. The average Bonchev–Trinajstić information content (AvgIpc) is 3.20. The van der Waals surface area contributed by atoms with Crippen LogP contribution < -0.4 is 15.4 Å². The molecule has 1 atom stereocenters. The zero-order chi connectivity index (χ0) is 19.5. The molecule has 3 N–H and O–H groups in total. The molecule has 0 spiro atoms. The molecule has 0 radical (unpaired) electrons. The van der Waals surface area contributed by atoms with Crippen molar-refractivity contribution in [2.24, 2.45) is 0 Å². The van der Waals surface area contributed by atoms with Gasteiger partial charge in [0.1, 0.15) is 17.3 Å². The second-order valence-corrected chi connectivity index (χ2v) is 6.29. The average molecular weight is 380 g/mol. The minimum atomic E-state index is -0.564. The van der Waals surface area contributed by atoms with E-state index in [1.807, 2.05) is 24.3 Å². The van der Waals surface area contributed by atoms with E-state index in [0.29, 0.717) is 18.7 Å². The van der Waals surface area contributed by atoms with E-state index in [1.165, 1.54) is 30.6 Å². The van der Waals surface area contributed by atoms with Crippen molar-refractivity contribution in [3.05, 3.63) is 77.6 Å². The molecule has 0 saturated carbocycles. The van der Waals surface area contributed by atoms with Gasteiger partial charge in [-0.1, -0.05) is 18.2 Å². The van der Waals surface area contributed by atoms with Crippen LogP contribution in [0.5, 0.6) is 5.75 Å². The van der Waals surface area contributed by atoms with Crippen molar-refractivity contribution < 1.29 is 18.7 Å². The number of benzene rings is 2. The molecule has 0 bridgehead atoms. The number of ether oxygens (including phenoxy) is 1. The number of aromatic nitrogens is 2. The molecule has 7 nitrogen and oxygen atoms in total. The fourth-order valence-electron chi connectivity index (χ4n) is 3.09. The van der Waals surface area contributed by atoms with Gasteiger partial charge in [-0.25, -0.2) is 9.37 Å². The van der Waals surface area contributed by atoms with E-state index in [1.54, 1.807) is 0 Å². The van der Waals surface area contributed by atoms with Crippen LogP contribution in [0.2, 0.25) is 0 Å². The second-order valence-electron chi connectivity index (χ2n) is 6.29. The highest BCUT2D eigenvalue weighted by Crippen LogP contribution is 2.31. The zero-order valence-corrected chi connectivity index (χ0v) is 14.7. The zero-order valence-electron chi connectivity index (χ0n) is 14.7. The number of fused-ring (bicyclic) bond motifs is 1. The van der Waals surface area contributed by atoms with Crippen LogP contribution in [0.25, 0.3) is 0 Å². The second kappa shape index (κ2) is 7.51.